The average Bonchev–Trinajstić information content (AvgIpc) is 2.93. The predicted molar refractivity (Wildman–Crippen MR) is 64.2 cm³/mol. The molecule has 1 aliphatic heterocycles. The first-order valence-corrected chi connectivity index (χ1v) is 6.15. The van der Waals surface area contributed by atoms with Crippen LogP contribution < -0.4 is 4.74 Å². The van der Waals surface area contributed by atoms with Crippen LogP contribution in [0.15, 0.2) is 0 Å². The van der Waals surface area contributed by atoms with Crippen LogP contribution in [-0.4, -0.2) is 34.5 Å². The van der Waals surface area contributed by atoms with Gasteiger partial charge < -0.3 is 9.47 Å². The highest BCUT2D eigenvalue weighted by molar-refractivity contribution is 6.32. The van der Waals surface area contributed by atoms with Crippen LogP contribution in [0.2, 0.25) is 5.15 Å². The van der Waals surface area contributed by atoms with Gasteiger partial charge >= 0.3 is 11.6 Å². The summed E-state index contributed by atoms with van der Waals surface area (Å²) in [5.74, 6) is -0.0150. The fourth-order valence-corrected chi connectivity index (χ4v) is 2.12. The summed E-state index contributed by atoms with van der Waals surface area (Å²) in [5.41, 5.74) is -0.267. The van der Waals surface area contributed by atoms with E-state index >= 15 is 0 Å². The molecule has 1 atom stereocenters. The number of aromatic nitrogens is 2. The first-order valence-electron chi connectivity index (χ1n) is 5.78. The number of rotatable bonds is 5. The van der Waals surface area contributed by atoms with Crippen molar-refractivity contribution in [3.05, 3.63) is 15.3 Å². The topological polar surface area (TPSA) is 79.4 Å². The van der Waals surface area contributed by atoms with Gasteiger partial charge in [-0.15, -0.1) is 5.10 Å². The van der Waals surface area contributed by atoms with Crippen LogP contribution in [0.1, 0.15) is 25.8 Å². The van der Waals surface area contributed by atoms with Crippen LogP contribution in [0, 0.1) is 10.1 Å². The summed E-state index contributed by atoms with van der Waals surface area (Å²) >= 11 is 6.01. The molecular weight excluding hydrogens is 262 g/mol. The van der Waals surface area contributed by atoms with Gasteiger partial charge in [0, 0.05) is 6.61 Å². The average molecular weight is 276 g/mol. The standard InChI is InChI=1S/C10H14ClN3O4/c1-2-4-18-10-8(14(15)16)9(11)13(12-10)7-3-5-17-6-7/h7H,2-6H2,1H3. The lowest BCUT2D eigenvalue weighted by Crippen LogP contribution is -2.10. The summed E-state index contributed by atoms with van der Waals surface area (Å²) in [6.45, 7) is 3.36. The molecule has 1 aliphatic rings. The molecule has 0 bridgehead atoms. The molecule has 1 aromatic heterocycles. The smallest absolute Gasteiger partial charge is 0.368 e. The van der Waals surface area contributed by atoms with Crippen molar-refractivity contribution in [2.45, 2.75) is 25.8 Å². The first-order chi connectivity index (χ1) is 8.65. The summed E-state index contributed by atoms with van der Waals surface area (Å²) in [6.07, 6.45) is 1.49. The number of hydrogen-bond donors (Lipinski definition) is 0. The second-order valence-electron chi connectivity index (χ2n) is 4.01. The molecule has 0 spiro atoms. The van der Waals surface area contributed by atoms with Gasteiger partial charge in [0.2, 0.25) is 5.15 Å². The second-order valence-corrected chi connectivity index (χ2v) is 4.37. The van der Waals surface area contributed by atoms with Gasteiger partial charge in [0.25, 0.3) is 0 Å². The Morgan fingerprint density at radius 3 is 3.06 bits per heavy atom. The SMILES string of the molecule is CCCOc1nn(C2CCOC2)c(Cl)c1[N+](=O)[O-]. The minimum absolute atomic E-state index is 0.00148. The molecule has 0 N–H and O–H groups in total. The molecule has 0 amide bonds. The third-order valence-electron chi connectivity index (χ3n) is 2.67. The quantitative estimate of drug-likeness (QED) is 0.608. The lowest BCUT2D eigenvalue weighted by molar-refractivity contribution is -0.385. The highest BCUT2D eigenvalue weighted by Crippen LogP contribution is 2.37. The molecule has 1 fully saturated rings. The lowest BCUT2D eigenvalue weighted by Gasteiger charge is -2.07. The van der Waals surface area contributed by atoms with E-state index in [0.29, 0.717) is 19.8 Å². The van der Waals surface area contributed by atoms with Crippen LogP contribution in [-0.2, 0) is 4.74 Å². The highest BCUT2D eigenvalue weighted by atomic mass is 35.5. The molecule has 2 heterocycles. The van der Waals surface area contributed by atoms with E-state index in [1.54, 1.807) is 0 Å². The highest BCUT2D eigenvalue weighted by Gasteiger charge is 2.32. The minimum Gasteiger partial charge on any atom is -0.472 e. The molecule has 0 radical (unpaired) electrons. The van der Waals surface area contributed by atoms with E-state index in [1.807, 2.05) is 6.92 Å². The van der Waals surface area contributed by atoms with E-state index in [2.05, 4.69) is 5.10 Å². The Morgan fingerprint density at radius 1 is 1.72 bits per heavy atom. The zero-order valence-corrected chi connectivity index (χ0v) is 10.7. The Morgan fingerprint density at radius 2 is 2.50 bits per heavy atom. The third kappa shape index (κ3) is 2.41. The number of nitro groups is 1. The molecule has 0 aromatic carbocycles. The summed E-state index contributed by atoms with van der Waals surface area (Å²) in [4.78, 5) is 10.4. The lowest BCUT2D eigenvalue weighted by atomic mass is 10.3. The second kappa shape index (κ2) is 5.53. The van der Waals surface area contributed by atoms with Crippen molar-refractivity contribution in [2.24, 2.45) is 0 Å². The van der Waals surface area contributed by atoms with Gasteiger partial charge in [0.05, 0.1) is 24.2 Å². The third-order valence-corrected chi connectivity index (χ3v) is 3.03. The maximum Gasteiger partial charge on any atom is 0.368 e. The van der Waals surface area contributed by atoms with Crippen molar-refractivity contribution in [1.82, 2.24) is 9.78 Å². The van der Waals surface area contributed by atoms with Gasteiger partial charge in [0.15, 0.2) is 0 Å². The Kier molecular flexibility index (Phi) is 4.03. The summed E-state index contributed by atoms with van der Waals surface area (Å²) in [7, 11) is 0. The Bertz CT molecular complexity index is 443. The summed E-state index contributed by atoms with van der Waals surface area (Å²) in [6, 6.07) is -0.0600. The maximum atomic E-state index is 11.0. The van der Waals surface area contributed by atoms with Crippen LogP contribution in [0.4, 0.5) is 5.69 Å². The first kappa shape index (κ1) is 13.1. The molecule has 0 saturated carbocycles. The van der Waals surface area contributed by atoms with Crippen molar-refractivity contribution in [3.63, 3.8) is 0 Å². The molecular formula is C10H14ClN3O4. The molecule has 100 valence electrons. The fraction of sp³-hybridized carbons (Fsp3) is 0.700. The van der Waals surface area contributed by atoms with Crippen molar-refractivity contribution in [3.8, 4) is 5.88 Å². The van der Waals surface area contributed by atoms with Gasteiger partial charge in [-0.1, -0.05) is 18.5 Å². The van der Waals surface area contributed by atoms with Crippen molar-refractivity contribution in [2.75, 3.05) is 19.8 Å². The Balaban J connectivity index is 2.33. The molecule has 0 aliphatic carbocycles. The zero-order valence-electron chi connectivity index (χ0n) is 9.97. The molecule has 1 unspecified atom stereocenters. The predicted octanol–water partition coefficient (Wildman–Crippen LogP) is 2.19. The zero-order chi connectivity index (χ0) is 13.1. The number of ether oxygens (including phenoxy) is 2. The molecule has 18 heavy (non-hydrogen) atoms. The van der Waals surface area contributed by atoms with E-state index in [-0.39, 0.29) is 22.8 Å². The Labute approximate surface area is 109 Å². The monoisotopic (exact) mass is 275 g/mol. The molecule has 7 nitrogen and oxygen atoms in total. The fourth-order valence-electron chi connectivity index (χ4n) is 1.79. The van der Waals surface area contributed by atoms with Crippen molar-refractivity contribution < 1.29 is 14.4 Å². The maximum absolute atomic E-state index is 11.0. The van der Waals surface area contributed by atoms with E-state index < -0.39 is 4.92 Å². The van der Waals surface area contributed by atoms with E-state index in [9.17, 15) is 10.1 Å². The van der Waals surface area contributed by atoms with Gasteiger partial charge in [0.1, 0.15) is 0 Å². The summed E-state index contributed by atoms with van der Waals surface area (Å²) < 4.78 is 11.9. The largest absolute Gasteiger partial charge is 0.472 e. The van der Waals surface area contributed by atoms with Crippen LogP contribution in [0.25, 0.3) is 0 Å². The van der Waals surface area contributed by atoms with Crippen LogP contribution in [0.3, 0.4) is 0 Å². The van der Waals surface area contributed by atoms with Gasteiger partial charge in [-0.3, -0.25) is 10.1 Å². The van der Waals surface area contributed by atoms with Crippen molar-refractivity contribution in [1.29, 1.82) is 0 Å². The number of halogens is 1. The molecule has 2 rings (SSSR count). The molecule has 8 heteroatoms. The summed E-state index contributed by atoms with van der Waals surface area (Å²) in [5, 5.41) is 15.1. The minimum atomic E-state index is -0.563. The molecule has 1 saturated heterocycles. The van der Waals surface area contributed by atoms with E-state index in [4.69, 9.17) is 21.1 Å². The normalized spacial score (nSPS) is 19.1. The molecule has 1 aromatic rings. The van der Waals surface area contributed by atoms with E-state index in [0.717, 1.165) is 12.8 Å². The Hall–Kier alpha value is -1.34. The van der Waals surface area contributed by atoms with Gasteiger partial charge in [-0.2, -0.15) is 0 Å². The van der Waals surface area contributed by atoms with Crippen LogP contribution >= 0.6 is 11.6 Å². The van der Waals surface area contributed by atoms with Gasteiger partial charge in [-0.25, -0.2) is 4.68 Å². The number of nitrogens with zero attached hydrogens (tertiary/aromatic N) is 3. The van der Waals surface area contributed by atoms with Gasteiger partial charge in [-0.05, 0) is 12.8 Å². The van der Waals surface area contributed by atoms with Crippen LogP contribution in [0.5, 0.6) is 5.88 Å². The van der Waals surface area contributed by atoms with E-state index in [1.165, 1.54) is 4.68 Å². The number of hydrogen-bond acceptors (Lipinski definition) is 5. The van der Waals surface area contributed by atoms with Crippen molar-refractivity contribution >= 4 is 17.3 Å².